The first-order valence-corrected chi connectivity index (χ1v) is 11.7. The number of carbonyl (C=O) groups is 1. The van der Waals surface area contributed by atoms with Gasteiger partial charge in [0.15, 0.2) is 0 Å². The molecule has 2 heterocycles. The van der Waals surface area contributed by atoms with Crippen molar-refractivity contribution in [3.8, 4) is 0 Å². The Bertz CT molecular complexity index is 1180. The molecule has 9 heteroatoms. The summed E-state index contributed by atoms with van der Waals surface area (Å²) in [7, 11) is -2.52. The number of benzene rings is 2. The number of halogens is 1. The van der Waals surface area contributed by atoms with E-state index in [4.69, 9.17) is 16.3 Å². The molecule has 3 aromatic rings. The minimum absolute atomic E-state index is 0.0534. The van der Waals surface area contributed by atoms with Gasteiger partial charge in [0.25, 0.3) is 0 Å². The third-order valence-corrected chi connectivity index (χ3v) is 7.41. The van der Waals surface area contributed by atoms with Crippen LogP contribution in [-0.4, -0.2) is 41.4 Å². The highest BCUT2D eigenvalue weighted by Crippen LogP contribution is 2.28. The number of carbonyl (C=O) groups excluding carboxylic acids is 1. The van der Waals surface area contributed by atoms with Gasteiger partial charge in [-0.3, -0.25) is 4.79 Å². The molecule has 0 fully saturated rings. The predicted octanol–water partition coefficient (Wildman–Crippen LogP) is 3.01. The molecule has 162 valence electrons. The molecule has 0 saturated carbocycles. The fourth-order valence-electron chi connectivity index (χ4n) is 3.76. The van der Waals surface area contributed by atoms with E-state index in [0.717, 1.165) is 11.3 Å². The highest BCUT2D eigenvalue weighted by molar-refractivity contribution is 7.88. The van der Waals surface area contributed by atoms with Gasteiger partial charge in [0, 0.05) is 18.0 Å². The molecule has 0 aliphatic carbocycles. The number of nitrogens with zero attached hydrogens (tertiary/aromatic N) is 3. The monoisotopic (exact) mass is 459 g/mol. The lowest BCUT2D eigenvalue weighted by molar-refractivity contribution is -0.145. The van der Waals surface area contributed by atoms with Gasteiger partial charge in [-0.15, -0.1) is 0 Å². The average Bonchev–Trinajstić information content (AvgIpc) is 3.16. The Morgan fingerprint density at radius 1 is 1.13 bits per heavy atom. The molecular formula is C22H22ClN3O4S. The fraction of sp³-hybridized carbons (Fsp3) is 0.273. The Morgan fingerprint density at radius 3 is 2.52 bits per heavy atom. The molecule has 0 N–H and O–H groups in total. The van der Waals surface area contributed by atoms with Crippen molar-refractivity contribution < 1.29 is 17.9 Å². The largest absolute Gasteiger partial charge is 0.468 e. The van der Waals surface area contributed by atoms with Gasteiger partial charge in [-0.1, -0.05) is 54.1 Å². The Balaban J connectivity index is 1.66. The molecular weight excluding hydrogens is 438 g/mol. The third kappa shape index (κ3) is 4.66. The van der Waals surface area contributed by atoms with Gasteiger partial charge in [-0.05, 0) is 23.3 Å². The van der Waals surface area contributed by atoms with Crippen molar-refractivity contribution in [2.75, 3.05) is 7.11 Å². The third-order valence-electron chi connectivity index (χ3n) is 5.36. The molecule has 1 aliphatic heterocycles. The molecule has 0 amide bonds. The van der Waals surface area contributed by atoms with E-state index in [2.05, 4.69) is 4.98 Å². The second-order valence-corrected chi connectivity index (χ2v) is 9.78. The van der Waals surface area contributed by atoms with Crippen molar-refractivity contribution in [2.24, 2.45) is 0 Å². The van der Waals surface area contributed by atoms with E-state index < -0.39 is 22.0 Å². The van der Waals surface area contributed by atoms with Crippen LogP contribution in [0.1, 0.15) is 22.5 Å². The smallest absolute Gasteiger partial charge is 0.324 e. The van der Waals surface area contributed by atoms with E-state index >= 15 is 0 Å². The second kappa shape index (κ2) is 8.82. The molecule has 0 saturated heterocycles. The number of hydrogen-bond donors (Lipinski definition) is 0. The highest BCUT2D eigenvalue weighted by Gasteiger charge is 2.41. The molecule has 31 heavy (non-hydrogen) atoms. The molecule has 1 unspecified atom stereocenters. The van der Waals surface area contributed by atoms with Crippen molar-refractivity contribution in [3.05, 3.63) is 88.5 Å². The van der Waals surface area contributed by atoms with E-state index in [0.29, 0.717) is 22.8 Å². The van der Waals surface area contributed by atoms with Crippen LogP contribution < -0.4 is 0 Å². The summed E-state index contributed by atoms with van der Waals surface area (Å²) in [4.78, 5) is 16.9. The van der Waals surface area contributed by atoms with Crippen LogP contribution in [0.2, 0.25) is 5.02 Å². The molecule has 1 atom stereocenters. The van der Waals surface area contributed by atoms with Gasteiger partial charge in [-0.25, -0.2) is 13.4 Å². The topological polar surface area (TPSA) is 81.5 Å². The van der Waals surface area contributed by atoms with E-state index in [1.54, 1.807) is 30.6 Å². The molecule has 0 bridgehead atoms. The number of hydrogen-bond acceptors (Lipinski definition) is 5. The highest BCUT2D eigenvalue weighted by atomic mass is 35.5. The molecule has 4 rings (SSSR count). The van der Waals surface area contributed by atoms with Gasteiger partial charge >= 0.3 is 5.97 Å². The summed E-state index contributed by atoms with van der Waals surface area (Å²) in [5.41, 5.74) is 3.15. The lowest BCUT2D eigenvalue weighted by Crippen LogP contribution is -2.49. The summed E-state index contributed by atoms with van der Waals surface area (Å²) in [6, 6.07) is 15.4. The minimum Gasteiger partial charge on any atom is -0.468 e. The summed E-state index contributed by atoms with van der Waals surface area (Å²) in [6.45, 7) is 0.576. The molecule has 0 spiro atoms. The van der Waals surface area contributed by atoms with E-state index in [-0.39, 0.29) is 18.7 Å². The first-order valence-electron chi connectivity index (χ1n) is 9.76. The number of methoxy groups -OCH3 is 1. The van der Waals surface area contributed by atoms with Crippen LogP contribution in [0.5, 0.6) is 0 Å². The number of esters is 1. The summed E-state index contributed by atoms with van der Waals surface area (Å²) >= 11 is 5.97. The normalized spacial score (nSPS) is 16.6. The number of sulfonamides is 1. The summed E-state index contributed by atoms with van der Waals surface area (Å²) in [5, 5.41) is 0.649. The number of imidazole rings is 1. The zero-order valence-electron chi connectivity index (χ0n) is 16.9. The Kier molecular flexibility index (Phi) is 6.13. The number of fused-ring (bicyclic) bond motifs is 1. The zero-order chi connectivity index (χ0) is 22.0. The predicted molar refractivity (Wildman–Crippen MR) is 117 cm³/mol. The van der Waals surface area contributed by atoms with Gasteiger partial charge in [0.1, 0.15) is 6.04 Å². The van der Waals surface area contributed by atoms with Crippen LogP contribution in [-0.2, 0) is 44.8 Å². The first-order chi connectivity index (χ1) is 14.9. The standard InChI is InChI=1S/C22H22ClN3O4S/c1-30-22(27)20-11-19-21(25(15-24-19)12-16-7-9-18(23)10-8-16)13-26(20)31(28,29)14-17-5-3-2-4-6-17/h2-10,15,20H,11-14H2,1H3. The summed E-state index contributed by atoms with van der Waals surface area (Å²) < 4.78 is 34.7. The second-order valence-electron chi connectivity index (χ2n) is 7.42. The average molecular weight is 460 g/mol. The molecule has 0 radical (unpaired) electrons. The van der Waals surface area contributed by atoms with Crippen LogP contribution in [0, 0.1) is 0 Å². The molecule has 2 aromatic carbocycles. The minimum atomic E-state index is -3.78. The maximum Gasteiger partial charge on any atom is 0.324 e. The lowest BCUT2D eigenvalue weighted by atomic mass is 10.1. The quantitative estimate of drug-likeness (QED) is 0.529. The lowest BCUT2D eigenvalue weighted by Gasteiger charge is -2.33. The Hall–Kier alpha value is -2.68. The van der Waals surface area contributed by atoms with E-state index in [1.807, 2.05) is 34.9 Å². The van der Waals surface area contributed by atoms with Crippen LogP contribution in [0.3, 0.4) is 0 Å². The number of rotatable bonds is 6. The molecule has 1 aliphatic rings. The van der Waals surface area contributed by atoms with Crippen molar-refractivity contribution in [3.63, 3.8) is 0 Å². The van der Waals surface area contributed by atoms with Crippen LogP contribution >= 0.6 is 11.6 Å². The van der Waals surface area contributed by atoms with Gasteiger partial charge < -0.3 is 9.30 Å². The first kappa shape index (κ1) is 21.5. The summed E-state index contributed by atoms with van der Waals surface area (Å²) in [5.74, 6) is -0.781. The number of ether oxygens (including phenoxy) is 1. The van der Waals surface area contributed by atoms with Crippen molar-refractivity contribution >= 4 is 27.6 Å². The van der Waals surface area contributed by atoms with Crippen molar-refractivity contribution in [2.45, 2.75) is 31.3 Å². The molecule has 7 nitrogen and oxygen atoms in total. The van der Waals surface area contributed by atoms with Crippen LogP contribution in [0.15, 0.2) is 60.9 Å². The van der Waals surface area contributed by atoms with Gasteiger partial charge in [-0.2, -0.15) is 4.31 Å². The zero-order valence-corrected chi connectivity index (χ0v) is 18.5. The summed E-state index contributed by atoms with van der Waals surface area (Å²) in [6.07, 6.45) is 1.85. The van der Waals surface area contributed by atoms with Crippen LogP contribution in [0.4, 0.5) is 0 Å². The SMILES string of the molecule is COC(=O)C1Cc2ncn(Cc3ccc(Cl)cc3)c2CN1S(=O)(=O)Cc1ccccc1. The van der Waals surface area contributed by atoms with E-state index in [1.165, 1.54) is 11.4 Å². The maximum atomic E-state index is 13.3. The fourth-order valence-corrected chi connectivity index (χ4v) is 5.54. The number of aromatic nitrogens is 2. The maximum absolute atomic E-state index is 13.3. The Labute approximate surface area is 186 Å². The molecule has 1 aromatic heterocycles. The van der Waals surface area contributed by atoms with E-state index in [9.17, 15) is 13.2 Å². The Morgan fingerprint density at radius 2 is 1.84 bits per heavy atom. The van der Waals surface area contributed by atoms with Gasteiger partial charge in [0.05, 0.1) is 37.1 Å². The van der Waals surface area contributed by atoms with Crippen LogP contribution in [0.25, 0.3) is 0 Å². The van der Waals surface area contributed by atoms with Gasteiger partial charge in [0.2, 0.25) is 10.0 Å². The van der Waals surface area contributed by atoms with Crippen molar-refractivity contribution in [1.82, 2.24) is 13.9 Å². The van der Waals surface area contributed by atoms with Crippen molar-refractivity contribution in [1.29, 1.82) is 0 Å².